The zero-order valence-corrected chi connectivity index (χ0v) is 22.9. The third-order valence-electron chi connectivity index (χ3n) is 8.61. The summed E-state index contributed by atoms with van der Waals surface area (Å²) in [5.41, 5.74) is -0.130. The molecule has 1 aliphatic carbocycles. The summed E-state index contributed by atoms with van der Waals surface area (Å²) in [6.07, 6.45) is 7.56. The van der Waals surface area contributed by atoms with Gasteiger partial charge >= 0.3 is 0 Å². The number of ether oxygens (including phenoxy) is 1. The number of rotatable bonds is 9. The van der Waals surface area contributed by atoms with Gasteiger partial charge in [0.25, 0.3) is 5.91 Å². The molecular formula is C31H42FN3O3. The van der Waals surface area contributed by atoms with Crippen molar-refractivity contribution in [1.82, 2.24) is 9.80 Å². The van der Waals surface area contributed by atoms with Crippen molar-refractivity contribution in [3.63, 3.8) is 0 Å². The molecule has 1 aromatic rings. The van der Waals surface area contributed by atoms with Crippen LogP contribution in [-0.4, -0.2) is 77.5 Å². The fraction of sp³-hybridized carbons (Fsp3) is 0.613. The summed E-state index contributed by atoms with van der Waals surface area (Å²) < 4.78 is 21.4. The molecule has 0 spiro atoms. The van der Waals surface area contributed by atoms with Crippen molar-refractivity contribution in [3.8, 4) is 6.07 Å². The predicted octanol–water partition coefficient (Wildman–Crippen LogP) is 4.90. The smallest absolute Gasteiger partial charge is 0.259 e. The van der Waals surface area contributed by atoms with E-state index in [0.717, 1.165) is 43.5 Å². The number of piperidine rings is 2. The third-order valence-corrected chi connectivity index (χ3v) is 8.61. The number of hydrogen-bond acceptors (Lipinski definition) is 5. The van der Waals surface area contributed by atoms with Crippen LogP contribution < -0.4 is 0 Å². The van der Waals surface area contributed by atoms with Gasteiger partial charge in [-0.3, -0.25) is 4.79 Å². The summed E-state index contributed by atoms with van der Waals surface area (Å²) in [6, 6.07) is 12.1. The zero-order chi connectivity index (χ0) is 27.2. The number of hydrogen-bond donors (Lipinski definition) is 1. The van der Waals surface area contributed by atoms with Gasteiger partial charge in [-0.25, -0.2) is 4.39 Å². The first-order chi connectivity index (χ1) is 18.3. The van der Waals surface area contributed by atoms with Crippen molar-refractivity contribution in [2.24, 2.45) is 5.92 Å². The monoisotopic (exact) mass is 523 g/mol. The Bertz CT molecular complexity index is 1050. The lowest BCUT2D eigenvalue weighted by atomic mass is 9.82. The Morgan fingerprint density at radius 2 is 1.89 bits per heavy atom. The molecule has 1 N–H and O–H groups in total. The minimum atomic E-state index is -1.27. The third kappa shape index (κ3) is 6.54. The number of nitriles is 1. The molecule has 2 heterocycles. The average molecular weight is 524 g/mol. The fourth-order valence-electron chi connectivity index (χ4n) is 5.89. The molecule has 2 aliphatic heterocycles. The Morgan fingerprint density at radius 3 is 2.53 bits per heavy atom. The molecule has 0 saturated carbocycles. The Labute approximate surface area is 226 Å². The fourth-order valence-corrected chi connectivity index (χ4v) is 5.89. The molecule has 0 aromatic heterocycles. The van der Waals surface area contributed by atoms with Gasteiger partial charge in [-0.2, -0.15) is 5.26 Å². The number of allylic oxidation sites excluding steroid dienone is 2. The lowest BCUT2D eigenvalue weighted by Gasteiger charge is -2.41. The van der Waals surface area contributed by atoms with E-state index >= 15 is 0 Å². The molecule has 1 aromatic carbocycles. The highest BCUT2D eigenvalue weighted by molar-refractivity contribution is 5.92. The van der Waals surface area contributed by atoms with E-state index in [2.05, 4.69) is 11.0 Å². The minimum Gasteiger partial charge on any atom is -0.391 e. The number of β-amino-alcohol motifs (C(OH)–C–C–N with tert-alkyl or cyclic N) is 1. The Balaban J connectivity index is 1.48. The van der Waals surface area contributed by atoms with Gasteiger partial charge < -0.3 is 19.6 Å². The second kappa shape index (κ2) is 12.5. The highest BCUT2D eigenvalue weighted by Gasteiger charge is 2.45. The number of benzene rings is 1. The van der Waals surface area contributed by atoms with Crippen molar-refractivity contribution in [1.29, 1.82) is 5.26 Å². The number of aliphatic hydroxyl groups is 1. The van der Waals surface area contributed by atoms with Crippen LogP contribution in [0, 0.1) is 17.2 Å². The molecule has 206 valence electrons. The molecule has 2 atom stereocenters. The molecule has 6 nitrogen and oxygen atoms in total. The first-order valence-electron chi connectivity index (χ1n) is 14.2. The van der Waals surface area contributed by atoms with Crippen molar-refractivity contribution in [2.45, 2.75) is 76.2 Å². The SMILES string of the molecule is CCC(F)(CC)CN1CCC(CO[C@@]2(C(=O)N3CCCC(O)C3)C=CC(c3ccccc3)=C(C#N)C2)CC1. The van der Waals surface area contributed by atoms with Gasteiger partial charge in [0.1, 0.15) is 5.67 Å². The largest absolute Gasteiger partial charge is 0.391 e. The molecule has 38 heavy (non-hydrogen) atoms. The van der Waals surface area contributed by atoms with Gasteiger partial charge in [-0.05, 0) is 74.7 Å². The average Bonchev–Trinajstić information content (AvgIpc) is 2.96. The van der Waals surface area contributed by atoms with E-state index in [1.807, 2.05) is 56.3 Å². The number of halogens is 1. The summed E-state index contributed by atoms with van der Waals surface area (Å²) in [6.45, 7) is 7.18. The number of nitrogens with zero attached hydrogens (tertiary/aromatic N) is 3. The molecule has 1 amide bonds. The Morgan fingerprint density at radius 1 is 1.18 bits per heavy atom. The molecule has 3 aliphatic rings. The van der Waals surface area contributed by atoms with Crippen LogP contribution in [0.3, 0.4) is 0 Å². The van der Waals surface area contributed by atoms with Crippen LogP contribution >= 0.6 is 0 Å². The van der Waals surface area contributed by atoms with Crippen molar-refractivity contribution >= 4 is 11.5 Å². The Kier molecular flexibility index (Phi) is 9.40. The van der Waals surface area contributed by atoms with Crippen molar-refractivity contribution in [2.75, 3.05) is 39.3 Å². The quantitative estimate of drug-likeness (QED) is 0.498. The van der Waals surface area contributed by atoms with Crippen LogP contribution in [0.15, 0.2) is 48.1 Å². The van der Waals surface area contributed by atoms with E-state index in [-0.39, 0.29) is 24.8 Å². The van der Waals surface area contributed by atoms with E-state index in [4.69, 9.17) is 4.74 Å². The van der Waals surface area contributed by atoms with Gasteiger partial charge in [-0.1, -0.05) is 50.3 Å². The van der Waals surface area contributed by atoms with Crippen LogP contribution in [0.25, 0.3) is 5.57 Å². The molecule has 2 saturated heterocycles. The van der Waals surface area contributed by atoms with Crippen LogP contribution in [0.5, 0.6) is 0 Å². The van der Waals surface area contributed by atoms with Gasteiger partial charge in [-0.15, -0.1) is 0 Å². The highest BCUT2D eigenvalue weighted by atomic mass is 19.1. The summed E-state index contributed by atoms with van der Waals surface area (Å²) in [5.74, 6) is 0.0801. The predicted molar refractivity (Wildman–Crippen MR) is 147 cm³/mol. The Hall–Kier alpha value is -2.53. The summed E-state index contributed by atoms with van der Waals surface area (Å²) in [7, 11) is 0. The van der Waals surface area contributed by atoms with E-state index in [1.54, 1.807) is 4.90 Å². The van der Waals surface area contributed by atoms with E-state index in [0.29, 0.717) is 44.5 Å². The summed E-state index contributed by atoms with van der Waals surface area (Å²) in [5, 5.41) is 20.3. The molecule has 7 heteroatoms. The number of alkyl halides is 1. The zero-order valence-electron chi connectivity index (χ0n) is 22.9. The van der Waals surface area contributed by atoms with Crippen LogP contribution in [-0.2, 0) is 9.53 Å². The topological polar surface area (TPSA) is 76.8 Å². The maximum absolute atomic E-state index is 14.9. The summed E-state index contributed by atoms with van der Waals surface area (Å²) in [4.78, 5) is 17.8. The van der Waals surface area contributed by atoms with Crippen LogP contribution in [0.2, 0.25) is 0 Å². The van der Waals surface area contributed by atoms with E-state index in [1.165, 1.54) is 0 Å². The maximum Gasteiger partial charge on any atom is 0.259 e. The molecule has 0 radical (unpaired) electrons. The van der Waals surface area contributed by atoms with E-state index in [9.17, 15) is 19.6 Å². The van der Waals surface area contributed by atoms with Crippen molar-refractivity contribution < 1.29 is 19.0 Å². The standard InChI is InChI=1S/C31H42FN3O3/c1-3-30(32,4-2)23-34-17-13-24(14-18-34)22-38-31(29(37)35-16-8-11-27(36)21-35)15-12-28(26(19-31)20-33)25-9-6-5-7-10-25/h5-7,9-10,12,15,24,27,36H,3-4,8,11,13-14,16-19,21-23H2,1-2H3/t27?,31-/m0/s1. The number of amides is 1. The molecule has 2 fully saturated rings. The second-order valence-electron chi connectivity index (χ2n) is 11.2. The van der Waals surface area contributed by atoms with E-state index < -0.39 is 17.4 Å². The van der Waals surface area contributed by atoms with Crippen LogP contribution in [0.4, 0.5) is 4.39 Å². The van der Waals surface area contributed by atoms with Gasteiger partial charge in [0.15, 0.2) is 5.60 Å². The van der Waals surface area contributed by atoms with Gasteiger partial charge in [0.2, 0.25) is 0 Å². The number of likely N-dealkylation sites (tertiary alicyclic amines) is 2. The van der Waals surface area contributed by atoms with Gasteiger partial charge in [0, 0.05) is 31.6 Å². The lowest BCUT2D eigenvalue weighted by molar-refractivity contribution is -0.157. The first-order valence-corrected chi connectivity index (χ1v) is 14.2. The minimum absolute atomic E-state index is 0.172. The normalized spacial score (nSPS) is 25.4. The maximum atomic E-state index is 14.9. The molecule has 0 bridgehead atoms. The summed E-state index contributed by atoms with van der Waals surface area (Å²) >= 11 is 0. The van der Waals surface area contributed by atoms with Gasteiger partial charge in [0.05, 0.1) is 18.8 Å². The lowest BCUT2D eigenvalue weighted by Crippen LogP contribution is -2.54. The van der Waals surface area contributed by atoms with Crippen molar-refractivity contribution in [3.05, 3.63) is 53.6 Å². The second-order valence-corrected chi connectivity index (χ2v) is 11.2. The molecule has 4 rings (SSSR count). The number of aliphatic hydroxyl groups excluding tert-OH is 1. The van der Waals surface area contributed by atoms with Crippen LogP contribution in [0.1, 0.15) is 64.4 Å². The first kappa shape index (κ1) is 28.5. The number of carbonyl (C=O) groups is 1. The molecule has 1 unspecified atom stereocenters. The number of carbonyl (C=O) groups excluding carboxylic acids is 1. The highest BCUT2D eigenvalue weighted by Crippen LogP contribution is 2.37. The molecular weight excluding hydrogens is 481 g/mol.